The first-order valence-electron chi connectivity index (χ1n) is 4.26. The fourth-order valence-corrected chi connectivity index (χ4v) is 1.06. The molecule has 1 fully saturated rings. The first kappa shape index (κ1) is 9.77. The first-order valence-corrected chi connectivity index (χ1v) is 4.26. The molecule has 0 spiro atoms. The average molecular weight is 183 g/mol. The summed E-state index contributed by atoms with van der Waals surface area (Å²) in [6.07, 6.45) is 2.02. The van der Waals surface area contributed by atoms with Gasteiger partial charge in [-0.25, -0.2) is 0 Å². The number of carbonyl (C=O) groups is 2. The molecule has 0 aliphatic carbocycles. The van der Waals surface area contributed by atoms with E-state index in [4.69, 9.17) is 4.74 Å². The van der Waals surface area contributed by atoms with E-state index < -0.39 is 6.10 Å². The maximum atomic E-state index is 11.3. The van der Waals surface area contributed by atoms with Gasteiger partial charge in [-0.3, -0.25) is 9.59 Å². The van der Waals surface area contributed by atoms with Gasteiger partial charge in [-0.05, 0) is 13.8 Å². The van der Waals surface area contributed by atoms with Crippen LogP contribution in [0.1, 0.15) is 26.7 Å². The summed E-state index contributed by atoms with van der Waals surface area (Å²) in [7, 11) is 0. The van der Waals surface area contributed by atoms with Gasteiger partial charge in [-0.2, -0.15) is 0 Å². The lowest BCUT2D eigenvalue weighted by molar-refractivity contribution is -0.147. The highest BCUT2D eigenvalue weighted by Crippen LogP contribution is 2.13. The summed E-state index contributed by atoms with van der Waals surface area (Å²) in [5.41, 5.74) is 0.771. The molecule has 0 aromatic heterocycles. The quantitative estimate of drug-likeness (QED) is 0.642. The Labute approximate surface area is 76.9 Å². The molecule has 1 unspecified atom stereocenters. The van der Waals surface area contributed by atoms with Gasteiger partial charge in [0.1, 0.15) is 0 Å². The minimum Gasteiger partial charge on any atom is -0.452 e. The van der Waals surface area contributed by atoms with Crippen LogP contribution < -0.4 is 5.32 Å². The Morgan fingerprint density at radius 1 is 1.69 bits per heavy atom. The van der Waals surface area contributed by atoms with Gasteiger partial charge in [0, 0.05) is 18.5 Å². The fourth-order valence-electron chi connectivity index (χ4n) is 1.06. The monoisotopic (exact) mass is 183 g/mol. The number of hydrogen-bond acceptors (Lipinski definition) is 3. The van der Waals surface area contributed by atoms with Gasteiger partial charge in [-0.15, -0.1) is 0 Å². The maximum Gasteiger partial charge on any atom is 0.306 e. The molecular weight excluding hydrogens is 170 g/mol. The Bertz CT molecular complexity index is 258. The van der Waals surface area contributed by atoms with Crippen molar-refractivity contribution in [2.45, 2.75) is 32.8 Å². The van der Waals surface area contributed by atoms with E-state index in [2.05, 4.69) is 5.32 Å². The highest BCUT2D eigenvalue weighted by atomic mass is 16.6. The topological polar surface area (TPSA) is 55.4 Å². The van der Waals surface area contributed by atoms with E-state index in [1.165, 1.54) is 0 Å². The standard InChI is InChI=1S/C9H13NO3/c1-3-6(2)10-9(12)7-4-5-8(11)13-7/h3,7H,4-5H2,1-2H3,(H,10,12)/b6-3+. The molecule has 1 heterocycles. The van der Waals surface area contributed by atoms with Crippen LogP contribution in [0.5, 0.6) is 0 Å². The molecule has 1 aliphatic heterocycles. The molecule has 1 atom stereocenters. The van der Waals surface area contributed by atoms with Crippen LogP contribution in [-0.2, 0) is 14.3 Å². The number of nitrogens with one attached hydrogen (secondary N) is 1. The third-order valence-electron chi connectivity index (χ3n) is 1.93. The third kappa shape index (κ3) is 2.57. The summed E-state index contributed by atoms with van der Waals surface area (Å²) in [6.45, 7) is 3.62. The largest absolute Gasteiger partial charge is 0.452 e. The van der Waals surface area contributed by atoms with E-state index in [9.17, 15) is 9.59 Å². The summed E-state index contributed by atoms with van der Waals surface area (Å²) in [5, 5.41) is 2.64. The molecule has 1 N–H and O–H groups in total. The smallest absolute Gasteiger partial charge is 0.306 e. The van der Waals surface area contributed by atoms with Crippen molar-refractivity contribution in [1.82, 2.24) is 5.32 Å². The van der Waals surface area contributed by atoms with E-state index in [1.807, 2.05) is 6.92 Å². The Kier molecular flexibility index (Phi) is 3.06. The van der Waals surface area contributed by atoms with E-state index in [0.717, 1.165) is 5.70 Å². The van der Waals surface area contributed by atoms with Crippen molar-refractivity contribution in [1.29, 1.82) is 0 Å². The number of amides is 1. The summed E-state index contributed by atoms with van der Waals surface area (Å²) < 4.78 is 4.79. The van der Waals surface area contributed by atoms with Crippen molar-refractivity contribution in [2.75, 3.05) is 0 Å². The molecule has 4 heteroatoms. The van der Waals surface area contributed by atoms with Crippen LogP contribution in [0.4, 0.5) is 0 Å². The minimum atomic E-state index is -0.595. The van der Waals surface area contributed by atoms with Gasteiger partial charge in [0.25, 0.3) is 5.91 Å². The van der Waals surface area contributed by atoms with Gasteiger partial charge in [0.05, 0.1) is 0 Å². The number of ether oxygens (including phenoxy) is 1. The molecule has 4 nitrogen and oxygen atoms in total. The molecule has 1 saturated heterocycles. The Balaban J connectivity index is 2.45. The fraction of sp³-hybridized carbons (Fsp3) is 0.556. The van der Waals surface area contributed by atoms with Crippen molar-refractivity contribution in [3.05, 3.63) is 11.8 Å². The first-order chi connectivity index (χ1) is 6.13. The number of esters is 1. The van der Waals surface area contributed by atoms with Gasteiger partial charge >= 0.3 is 5.97 Å². The highest BCUT2D eigenvalue weighted by Gasteiger charge is 2.29. The van der Waals surface area contributed by atoms with Crippen LogP contribution in [-0.4, -0.2) is 18.0 Å². The second-order valence-electron chi connectivity index (χ2n) is 2.98. The van der Waals surface area contributed by atoms with Crippen molar-refractivity contribution in [3.8, 4) is 0 Å². The van der Waals surface area contributed by atoms with Crippen molar-refractivity contribution in [2.24, 2.45) is 0 Å². The lowest BCUT2D eigenvalue weighted by atomic mass is 10.2. The zero-order valence-corrected chi connectivity index (χ0v) is 7.79. The second-order valence-corrected chi connectivity index (χ2v) is 2.98. The molecular formula is C9H13NO3. The van der Waals surface area contributed by atoms with Crippen LogP contribution in [0.3, 0.4) is 0 Å². The molecule has 0 radical (unpaired) electrons. The van der Waals surface area contributed by atoms with Crippen LogP contribution in [0.15, 0.2) is 11.8 Å². The predicted octanol–water partition coefficient (Wildman–Crippen LogP) is 0.732. The van der Waals surface area contributed by atoms with Crippen molar-refractivity contribution >= 4 is 11.9 Å². The van der Waals surface area contributed by atoms with Crippen LogP contribution in [0, 0.1) is 0 Å². The lowest BCUT2D eigenvalue weighted by Gasteiger charge is -2.09. The van der Waals surface area contributed by atoms with Crippen LogP contribution in [0.2, 0.25) is 0 Å². The van der Waals surface area contributed by atoms with Crippen molar-refractivity contribution in [3.63, 3.8) is 0 Å². The van der Waals surface area contributed by atoms with E-state index in [-0.39, 0.29) is 11.9 Å². The predicted molar refractivity (Wildman–Crippen MR) is 46.7 cm³/mol. The summed E-state index contributed by atoms with van der Waals surface area (Å²) in [5.74, 6) is -0.528. The number of carbonyl (C=O) groups excluding carboxylic acids is 2. The van der Waals surface area contributed by atoms with Crippen LogP contribution in [0.25, 0.3) is 0 Å². The molecule has 0 aromatic carbocycles. The van der Waals surface area contributed by atoms with Crippen LogP contribution >= 0.6 is 0 Å². The number of hydrogen-bond donors (Lipinski definition) is 1. The van der Waals surface area contributed by atoms with Gasteiger partial charge in [0.15, 0.2) is 6.10 Å². The second kappa shape index (κ2) is 4.07. The molecule has 72 valence electrons. The Hall–Kier alpha value is -1.32. The number of cyclic esters (lactones) is 1. The molecule has 0 saturated carbocycles. The minimum absolute atomic E-state index is 0.235. The Morgan fingerprint density at radius 2 is 2.38 bits per heavy atom. The zero-order chi connectivity index (χ0) is 9.84. The average Bonchev–Trinajstić information content (AvgIpc) is 2.51. The van der Waals surface area contributed by atoms with Gasteiger partial charge in [-0.1, -0.05) is 6.08 Å². The molecule has 1 aliphatic rings. The maximum absolute atomic E-state index is 11.3. The normalized spacial score (nSPS) is 22.8. The van der Waals surface area contributed by atoms with Crippen molar-refractivity contribution < 1.29 is 14.3 Å². The van der Waals surface area contributed by atoms with Gasteiger partial charge in [0.2, 0.25) is 0 Å². The molecule has 1 rings (SSSR count). The van der Waals surface area contributed by atoms with E-state index >= 15 is 0 Å². The summed E-state index contributed by atoms with van der Waals surface area (Å²) >= 11 is 0. The third-order valence-corrected chi connectivity index (χ3v) is 1.93. The van der Waals surface area contributed by atoms with E-state index in [1.54, 1.807) is 13.0 Å². The Morgan fingerprint density at radius 3 is 2.85 bits per heavy atom. The molecule has 0 bridgehead atoms. The summed E-state index contributed by atoms with van der Waals surface area (Å²) in [6, 6.07) is 0. The van der Waals surface area contributed by atoms with Gasteiger partial charge < -0.3 is 10.1 Å². The molecule has 13 heavy (non-hydrogen) atoms. The lowest BCUT2D eigenvalue weighted by Crippen LogP contribution is -2.33. The highest BCUT2D eigenvalue weighted by molar-refractivity contribution is 5.87. The summed E-state index contributed by atoms with van der Waals surface area (Å²) in [4.78, 5) is 22.0. The zero-order valence-electron chi connectivity index (χ0n) is 7.79. The van der Waals surface area contributed by atoms with E-state index in [0.29, 0.717) is 12.8 Å². The number of rotatable bonds is 2. The molecule has 1 amide bonds. The molecule has 0 aromatic rings. The number of allylic oxidation sites excluding steroid dienone is 2. The SMILES string of the molecule is C/C=C(\C)NC(=O)C1CCC(=O)O1.